The molecule has 2 heterocycles. The van der Waals surface area contributed by atoms with Gasteiger partial charge in [0.2, 0.25) is 0 Å². The highest BCUT2D eigenvalue weighted by molar-refractivity contribution is 7.13. The summed E-state index contributed by atoms with van der Waals surface area (Å²) < 4.78 is 5.20. The van der Waals surface area contributed by atoms with Crippen molar-refractivity contribution in [3.05, 3.63) is 58.4 Å². The highest BCUT2D eigenvalue weighted by Crippen LogP contribution is 2.22. The number of amides is 2. The predicted octanol–water partition coefficient (Wildman–Crippen LogP) is 4.14. The largest absolute Gasteiger partial charge is 0.361 e. The normalized spacial score (nSPS) is 10.8. The van der Waals surface area contributed by atoms with Gasteiger partial charge in [0, 0.05) is 35.3 Å². The number of rotatable bonds is 6. The lowest BCUT2D eigenvalue weighted by Gasteiger charge is -2.11. The molecule has 7 nitrogen and oxygen atoms in total. The Bertz CT molecular complexity index is 948. The van der Waals surface area contributed by atoms with Crippen LogP contribution in [0.2, 0.25) is 0 Å². The van der Waals surface area contributed by atoms with Crippen LogP contribution in [0.5, 0.6) is 0 Å². The number of benzene rings is 1. The number of thiazole rings is 1. The molecule has 0 saturated heterocycles. The maximum Gasteiger partial charge on any atom is 0.277 e. The second kappa shape index (κ2) is 8.13. The molecule has 0 saturated carbocycles. The molecule has 0 bridgehead atoms. The van der Waals surface area contributed by atoms with E-state index >= 15 is 0 Å². The van der Waals surface area contributed by atoms with Crippen LogP contribution in [-0.4, -0.2) is 22.0 Å². The Kier molecular flexibility index (Phi) is 5.66. The molecular weight excluding hydrogens is 364 g/mol. The van der Waals surface area contributed by atoms with Crippen LogP contribution in [0.25, 0.3) is 0 Å². The summed E-state index contributed by atoms with van der Waals surface area (Å²) in [7, 11) is 0. The van der Waals surface area contributed by atoms with E-state index < -0.39 is 0 Å². The van der Waals surface area contributed by atoms with Crippen molar-refractivity contribution in [2.45, 2.75) is 27.2 Å². The lowest BCUT2D eigenvalue weighted by Crippen LogP contribution is -2.17. The van der Waals surface area contributed by atoms with Crippen LogP contribution in [0.3, 0.4) is 0 Å². The van der Waals surface area contributed by atoms with Gasteiger partial charge in [0.15, 0.2) is 10.8 Å². The Morgan fingerprint density at radius 2 is 2.04 bits per heavy atom. The second-order valence-corrected chi connectivity index (χ2v) is 7.39. The molecule has 3 rings (SSSR count). The van der Waals surface area contributed by atoms with Crippen molar-refractivity contribution in [1.29, 1.82) is 0 Å². The molecule has 27 heavy (non-hydrogen) atoms. The first kappa shape index (κ1) is 18.8. The van der Waals surface area contributed by atoms with E-state index in [9.17, 15) is 9.59 Å². The van der Waals surface area contributed by atoms with E-state index in [1.54, 1.807) is 42.8 Å². The minimum absolute atomic E-state index is 0.211. The zero-order valence-electron chi connectivity index (χ0n) is 15.3. The SMILES string of the molecule is Cc1c(NC(=O)c2cc(CC(C)C)on2)cccc1C(=O)Nc1nccs1. The minimum atomic E-state index is -0.380. The first-order valence-corrected chi connectivity index (χ1v) is 9.39. The van der Waals surface area contributed by atoms with Crippen LogP contribution in [0.4, 0.5) is 10.8 Å². The maximum absolute atomic E-state index is 12.5. The quantitative estimate of drug-likeness (QED) is 0.666. The summed E-state index contributed by atoms with van der Waals surface area (Å²) in [6, 6.07) is 6.79. The van der Waals surface area contributed by atoms with Gasteiger partial charge >= 0.3 is 0 Å². The second-order valence-electron chi connectivity index (χ2n) is 6.50. The molecule has 0 aliphatic heterocycles. The third-order valence-corrected chi connectivity index (χ3v) is 4.57. The molecule has 0 aliphatic rings. The number of nitrogens with zero attached hydrogens (tertiary/aromatic N) is 2. The van der Waals surface area contributed by atoms with Crippen LogP contribution in [0, 0.1) is 12.8 Å². The van der Waals surface area contributed by atoms with Crippen LogP contribution in [0.1, 0.15) is 46.0 Å². The topological polar surface area (TPSA) is 97.1 Å². The maximum atomic E-state index is 12.5. The van der Waals surface area contributed by atoms with Crippen molar-refractivity contribution in [3.8, 4) is 0 Å². The summed E-state index contributed by atoms with van der Waals surface area (Å²) in [6.07, 6.45) is 2.33. The molecule has 2 N–H and O–H groups in total. The van der Waals surface area contributed by atoms with Gasteiger partial charge in [-0.2, -0.15) is 0 Å². The standard InChI is InChI=1S/C19H20N4O3S/c1-11(2)9-13-10-16(23-26-13)18(25)21-15-6-4-5-14(12(15)3)17(24)22-19-20-7-8-27-19/h4-8,10-11H,9H2,1-3H3,(H,21,25)(H,20,22,24). The van der Waals surface area contributed by atoms with E-state index in [0.717, 1.165) is 0 Å². The predicted molar refractivity (Wildman–Crippen MR) is 104 cm³/mol. The Morgan fingerprint density at radius 3 is 2.74 bits per heavy atom. The highest BCUT2D eigenvalue weighted by atomic mass is 32.1. The molecular formula is C19H20N4O3S. The molecule has 0 fully saturated rings. The third kappa shape index (κ3) is 4.59. The van der Waals surface area contributed by atoms with E-state index in [4.69, 9.17) is 4.52 Å². The van der Waals surface area contributed by atoms with Gasteiger partial charge in [-0.25, -0.2) is 4.98 Å². The molecule has 1 aromatic carbocycles. The number of carbonyl (C=O) groups is 2. The van der Waals surface area contributed by atoms with Gasteiger partial charge in [0.25, 0.3) is 11.8 Å². The van der Waals surface area contributed by atoms with E-state index in [2.05, 4.69) is 34.6 Å². The summed E-state index contributed by atoms with van der Waals surface area (Å²) in [6.45, 7) is 5.90. The zero-order chi connectivity index (χ0) is 19.4. The Labute approximate surface area is 160 Å². The lowest BCUT2D eigenvalue weighted by molar-refractivity contribution is 0.101. The summed E-state index contributed by atoms with van der Waals surface area (Å²) in [5.74, 6) is 0.418. The van der Waals surface area contributed by atoms with Crippen molar-refractivity contribution < 1.29 is 14.1 Å². The molecule has 140 valence electrons. The molecule has 0 radical (unpaired) electrons. The van der Waals surface area contributed by atoms with Crippen LogP contribution >= 0.6 is 11.3 Å². The van der Waals surface area contributed by atoms with E-state index in [1.165, 1.54) is 11.3 Å². The molecule has 0 atom stereocenters. The number of anilines is 2. The van der Waals surface area contributed by atoms with Gasteiger partial charge in [0.1, 0.15) is 5.76 Å². The van der Waals surface area contributed by atoms with Crippen LogP contribution in [-0.2, 0) is 6.42 Å². The molecule has 8 heteroatoms. The first-order valence-electron chi connectivity index (χ1n) is 8.51. The summed E-state index contributed by atoms with van der Waals surface area (Å²) >= 11 is 1.34. The molecule has 2 aromatic heterocycles. The smallest absolute Gasteiger partial charge is 0.277 e. The zero-order valence-corrected chi connectivity index (χ0v) is 16.1. The minimum Gasteiger partial charge on any atom is -0.361 e. The number of hydrogen-bond donors (Lipinski definition) is 2. The number of hydrogen-bond acceptors (Lipinski definition) is 6. The molecule has 2 amide bonds. The summed E-state index contributed by atoms with van der Waals surface area (Å²) in [4.78, 5) is 29.0. The van der Waals surface area contributed by atoms with Gasteiger partial charge in [0.05, 0.1) is 0 Å². The van der Waals surface area contributed by atoms with Crippen molar-refractivity contribution in [1.82, 2.24) is 10.1 Å². The fourth-order valence-electron chi connectivity index (χ4n) is 2.57. The fraction of sp³-hybridized carbons (Fsp3) is 0.263. The van der Waals surface area contributed by atoms with Gasteiger partial charge < -0.3 is 9.84 Å². The Hall–Kier alpha value is -3.00. The van der Waals surface area contributed by atoms with Crippen molar-refractivity contribution in [3.63, 3.8) is 0 Å². The number of aromatic nitrogens is 2. The van der Waals surface area contributed by atoms with Crippen molar-refractivity contribution in [2.75, 3.05) is 10.6 Å². The summed E-state index contributed by atoms with van der Waals surface area (Å²) in [5, 5.41) is 11.7. The summed E-state index contributed by atoms with van der Waals surface area (Å²) in [5.41, 5.74) is 1.87. The fourth-order valence-corrected chi connectivity index (χ4v) is 3.10. The first-order chi connectivity index (χ1) is 12.9. The van der Waals surface area contributed by atoms with E-state index in [-0.39, 0.29) is 17.5 Å². The Morgan fingerprint density at radius 1 is 1.22 bits per heavy atom. The van der Waals surface area contributed by atoms with Crippen LogP contribution < -0.4 is 10.6 Å². The average Bonchev–Trinajstić information content (AvgIpc) is 3.28. The van der Waals surface area contributed by atoms with Gasteiger partial charge in [-0.05, 0) is 30.5 Å². The monoisotopic (exact) mass is 384 g/mol. The molecule has 0 unspecified atom stereocenters. The van der Waals surface area contributed by atoms with Gasteiger partial charge in [-0.3, -0.25) is 14.9 Å². The number of nitrogens with one attached hydrogen (secondary N) is 2. The average molecular weight is 384 g/mol. The van der Waals surface area contributed by atoms with Crippen molar-refractivity contribution >= 4 is 34.0 Å². The van der Waals surface area contributed by atoms with Gasteiger partial charge in [-0.1, -0.05) is 25.1 Å². The molecule has 0 aliphatic carbocycles. The molecule has 3 aromatic rings. The third-order valence-electron chi connectivity index (χ3n) is 3.88. The van der Waals surface area contributed by atoms with E-state index in [0.29, 0.717) is 40.0 Å². The van der Waals surface area contributed by atoms with Crippen molar-refractivity contribution in [2.24, 2.45) is 5.92 Å². The van der Waals surface area contributed by atoms with Gasteiger partial charge in [-0.15, -0.1) is 11.3 Å². The molecule has 0 spiro atoms. The van der Waals surface area contributed by atoms with E-state index in [1.807, 2.05) is 0 Å². The number of carbonyl (C=O) groups excluding carboxylic acids is 2. The highest BCUT2D eigenvalue weighted by Gasteiger charge is 2.17. The lowest BCUT2D eigenvalue weighted by atomic mass is 10.1. The van der Waals surface area contributed by atoms with Crippen LogP contribution in [0.15, 0.2) is 40.4 Å². The Balaban J connectivity index is 1.74.